The molecule has 4 saturated heterocycles. The Kier molecular flexibility index (Phi) is 4.94. The highest BCUT2D eigenvalue weighted by molar-refractivity contribution is 5.22. The van der Waals surface area contributed by atoms with E-state index >= 15 is 0 Å². The third-order valence-corrected chi connectivity index (χ3v) is 7.22. The number of hydrogen-bond acceptors (Lipinski definition) is 11. The molecule has 4 bridgehead atoms. The number of piperidine rings is 2. The SMILES string of the molecule is CC1(C)C2([N+](=O)[O-])CN3CC1([N+](=O)[O-])CN(C2)C3[C@H](O)[C@H](O)[C@H](O)[C@@H](O)CO. The summed E-state index contributed by atoms with van der Waals surface area (Å²) in [6, 6.07) is 0. The molecule has 4 rings (SSSR count). The monoisotopic (exact) mass is 406 g/mol. The Bertz CT molecular complexity index is 622. The Morgan fingerprint density at radius 1 is 0.929 bits per heavy atom. The molecule has 4 aliphatic rings. The van der Waals surface area contributed by atoms with Crippen LogP contribution >= 0.6 is 0 Å². The molecule has 0 aromatic carbocycles. The zero-order valence-electron chi connectivity index (χ0n) is 15.6. The lowest BCUT2D eigenvalue weighted by molar-refractivity contribution is -0.679. The van der Waals surface area contributed by atoms with Crippen LogP contribution in [-0.2, 0) is 0 Å². The molecule has 5 N–H and O–H groups in total. The standard InChI is InChI=1S/C15H26N4O9/c1-13(2)14(18(25)26)4-16-6-15(13,19(27)28)7-17(5-14)12(16)11(24)10(23)9(22)8(21)3-20/h8-12,20-24H,3-7H2,1-2H3/t8-,9+,10+,11+,12?,14?,15?/m0/s1. The molecule has 4 atom stereocenters. The zero-order valence-corrected chi connectivity index (χ0v) is 15.6. The third-order valence-electron chi connectivity index (χ3n) is 7.22. The van der Waals surface area contributed by atoms with Crippen molar-refractivity contribution < 1.29 is 35.4 Å². The fraction of sp³-hybridized carbons (Fsp3) is 1.00. The van der Waals surface area contributed by atoms with Crippen LogP contribution in [0.25, 0.3) is 0 Å². The average Bonchev–Trinajstić information content (AvgIpc) is 2.62. The molecule has 4 aliphatic heterocycles. The normalized spacial score (nSPS) is 42.6. The summed E-state index contributed by atoms with van der Waals surface area (Å²) in [4.78, 5) is 25.8. The lowest BCUT2D eigenvalue weighted by Gasteiger charge is -2.66. The van der Waals surface area contributed by atoms with Gasteiger partial charge in [-0.1, -0.05) is 0 Å². The van der Waals surface area contributed by atoms with Gasteiger partial charge in [-0.2, -0.15) is 0 Å². The number of aliphatic hydroxyl groups is 5. The van der Waals surface area contributed by atoms with E-state index in [4.69, 9.17) is 5.11 Å². The molecule has 28 heavy (non-hydrogen) atoms. The molecular weight excluding hydrogens is 380 g/mol. The molecule has 13 nitrogen and oxygen atoms in total. The number of rotatable bonds is 7. The minimum absolute atomic E-state index is 0.161. The lowest BCUT2D eigenvalue weighted by atomic mass is 9.53. The summed E-state index contributed by atoms with van der Waals surface area (Å²) in [5.41, 5.74) is -4.54. The van der Waals surface area contributed by atoms with Gasteiger partial charge in [0.15, 0.2) is 0 Å². The lowest BCUT2D eigenvalue weighted by Crippen LogP contribution is -2.91. The number of aliphatic hydroxyl groups excluding tert-OH is 5. The van der Waals surface area contributed by atoms with Crippen LogP contribution in [0.4, 0.5) is 0 Å². The fourth-order valence-electron chi connectivity index (χ4n) is 5.22. The molecule has 13 heteroatoms. The summed E-state index contributed by atoms with van der Waals surface area (Å²) in [7, 11) is 0. The molecule has 4 fully saturated rings. The van der Waals surface area contributed by atoms with E-state index in [9.17, 15) is 40.7 Å². The van der Waals surface area contributed by atoms with Crippen molar-refractivity contribution in [3.63, 3.8) is 0 Å². The van der Waals surface area contributed by atoms with Crippen molar-refractivity contribution >= 4 is 0 Å². The van der Waals surface area contributed by atoms with E-state index in [1.165, 1.54) is 23.6 Å². The number of nitro groups is 2. The van der Waals surface area contributed by atoms with Crippen LogP contribution in [0.5, 0.6) is 0 Å². The molecule has 0 aliphatic carbocycles. The summed E-state index contributed by atoms with van der Waals surface area (Å²) >= 11 is 0. The highest BCUT2D eigenvalue weighted by Crippen LogP contribution is 2.56. The first-order valence-corrected chi connectivity index (χ1v) is 8.96. The molecule has 0 saturated carbocycles. The highest BCUT2D eigenvalue weighted by Gasteiger charge is 2.82. The predicted octanol–water partition coefficient (Wildman–Crippen LogP) is -3.55. The van der Waals surface area contributed by atoms with Crippen molar-refractivity contribution in [1.29, 1.82) is 0 Å². The van der Waals surface area contributed by atoms with E-state index in [1.54, 1.807) is 0 Å². The second kappa shape index (κ2) is 6.52. The molecule has 160 valence electrons. The summed E-state index contributed by atoms with van der Waals surface area (Å²) in [5, 5.41) is 73.2. The second-order valence-corrected chi connectivity index (χ2v) is 8.65. The van der Waals surface area contributed by atoms with Gasteiger partial charge in [0.25, 0.3) is 11.1 Å². The number of nitrogens with zero attached hydrogens (tertiary/aromatic N) is 4. The highest BCUT2D eigenvalue weighted by atomic mass is 16.6. The maximum absolute atomic E-state index is 12.0. The van der Waals surface area contributed by atoms with E-state index in [0.29, 0.717) is 0 Å². The van der Waals surface area contributed by atoms with Crippen molar-refractivity contribution in [2.45, 2.75) is 55.5 Å². The third kappa shape index (κ3) is 2.44. The van der Waals surface area contributed by atoms with Crippen LogP contribution in [0.1, 0.15) is 13.8 Å². The van der Waals surface area contributed by atoms with Crippen LogP contribution < -0.4 is 0 Å². The van der Waals surface area contributed by atoms with Crippen LogP contribution in [0.3, 0.4) is 0 Å². The van der Waals surface area contributed by atoms with E-state index < -0.39 is 63.5 Å². The number of hydrogen-bond donors (Lipinski definition) is 5. The minimum atomic E-state index is -1.87. The van der Waals surface area contributed by atoms with Crippen molar-refractivity contribution in [3.8, 4) is 0 Å². The first-order valence-electron chi connectivity index (χ1n) is 8.96. The Hall–Kier alpha value is -1.48. The summed E-state index contributed by atoms with van der Waals surface area (Å²) in [5.74, 6) is 0. The maximum atomic E-state index is 12.0. The largest absolute Gasteiger partial charge is 0.394 e. The van der Waals surface area contributed by atoms with Gasteiger partial charge in [-0.25, -0.2) is 0 Å². The molecule has 0 radical (unpaired) electrons. The zero-order chi connectivity index (χ0) is 21.2. The van der Waals surface area contributed by atoms with Crippen molar-refractivity contribution in [3.05, 3.63) is 20.2 Å². The van der Waals surface area contributed by atoms with E-state index in [0.717, 1.165) is 0 Å². The van der Waals surface area contributed by atoms with Crippen LogP contribution in [0, 0.1) is 25.6 Å². The van der Waals surface area contributed by atoms with Gasteiger partial charge in [0, 0.05) is 9.85 Å². The minimum Gasteiger partial charge on any atom is -0.394 e. The van der Waals surface area contributed by atoms with Gasteiger partial charge in [-0.15, -0.1) is 0 Å². The Morgan fingerprint density at radius 2 is 1.32 bits per heavy atom. The first kappa shape index (κ1) is 21.2. The van der Waals surface area contributed by atoms with Gasteiger partial charge in [0.2, 0.25) is 0 Å². The van der Waals surface area contributed by atoms with Gasteiger partial charge >= 0.3 is 0 Å². The summed E-state index contributed by atoms with van der Waals surface area (Å²) in [6.45, 7) is 1.57. The van der Waals surface area contributed by atoms with E-state index in [2.05, 4.69) is 0 Å². The van der Waals surface area contributed by atoms with Crippen molar-refractivity contribution in [1.82, 2.24) is 9.80 Å². The van der Waals surface area contributed by atoms with Crippen LogP contribution in [0.15, 0.2) is 0 Å². The molecule has 0 aromatic heterocycles. The predicted molar refractivity (Wildman–Crippen MR) is 91.3 cm³/mol. The molecule has 0 amide bonds. The quantitative estimate of drug-likeness (QED) is 0.207. The summed E-state index contributed by atoms with van der Waals surface area (Å²) < 4.78 is 0. The topological polar surface area (TPSA) is 194 Å². The Morgan fingerprint density at radius 3 is 1.64 bits per heavy atom. The molecule has 0 aromatic rings. The maximum Gasteiger partial charge on any atom is 0.259 e. The molecule has 4 heterocycles. The Balaban J connectivity index is 1.97. The fourth-order valence-corrected chi connectivity index (χ4v) is 5.22. The molecule has 0 spiro atoms. The van der Waals surface area contributed by atoms with E-state index in [1.807, 2.05) is 0 Å². The van der Waals surface area contributed by atoms with Crippen molar-refractivity contribution in [2.24, 2.45) is 5.41 Å². The second-order valence-electron chi connectivity index (χ2n) is 8.65. The van der Waals surface area contributed by atoms with E-state index in [-0.39, 0.29) is 26.2 Å². The molecular formula is C15H26N4O9. The van der Waals surface area contributed by atoms with Gasteiger partial charge in [-0.05, 0) is 13.8 Å². The average molecular weight is 406 g/mol. The van der Waals surface area contributed by atoms with Gasteiger partial charge in [0.05, 0.1) is 39.0 Å². The molecule has 0 unspecified atom stereocenters. The Labute approximate surface area is 160 Å². The summed E-state index contributed by atoms with van der Waals surface area (Å²) in [6.07, 6.45) is -8.10. The van der Waals surface area contributed by atoms with Crippen molar-refractivity contribution in [2.75, 3.05) is 32.8 Å². The smallest absolute Gasteiger partial charge is 0.259 e. The first-order chi connectivity index (χ1) is 12.9. The van der Waals surface area contributed by atoms with Gasteiger partial charge in [0.1, 0.15) is 29.8 Å². The van der Waals surface area contributed by atoms with Crippen LogP contribution in [-0.4, -0.2) is 120 Å². The van der Waals surface area contributed by atoms with Gasteiger partial charge in [-0.3, -0.25) is 30.0 Å². The van der Waals surface area contributed by atoms with Crippen LogP contribution in [0.2, 0.25) is 0 Å². The van der Waals surface area contributed by atoms with Gasteiger partial charge < -0.3 is 25.5 Å².